The molecule has 4 heteroatoms. The van der Waals surface area contributed by atoms with Crippen LogP contribution in [-0.4, -0.2) is 22.4 Å². The number of rotatable bonds is 3. The van der Waals surface area contributed by atoms with Gasteiger partial charge >= 0.3 is 5.97 Å². The third kappa shape index (κ3) is 2.74. The lowest BCUT2D eigenvalue weighted by Crippen LogP contribution is -2.24. The van der Waals surface area contributed by atoms with E-state index < -0.39 is 0 Å². The molecular weight excluding hydrogens is 228 g/mol. The molecule has 0 aromatic carbocycles. The summed E-state index contributed by atoms with van der Waals surface area (Å²) in [6, 6.07) is 0. The fourth-order valence-corrected chi connectivity index (χ4v) is 2.32. The number of hydrogen-bond donors (Lipinski definition) is 0. The van der Waals surface area contributed by atoms with Crippen LogP contribution in [0.25, 0.3) is 0 Å². The zero-order valence-electron chi connectivity index (χ0n) is 12.5. The van der Waals surface area contributed by atoms with Crippen molar-refractivity contribution in [1.82, 2.24) is 9.78 Å². The minimum absolute atomic E-state index is 0.0819. The van der Waals surface area contributed by atoms with Crippen LogP contribution in [0.2, 0.25) is 0 Å². The molecule has 1 atom stereocenters. The van der Waals surface area contributed by atoms with Crippen LogP contribution >= 0.6 is 0 Å². The molecule has 0 amide bonds. The van der Waals surface area contributed by atoms with Gasteiger partial charge in [0.1, 0.15) is 0 Å². The van der Waals surface area contributed by atoms with Gasteiger partial charge in [-0.2, -0.15) is 5.10 Å². The van der Waals surface area contributed by atoms with Gasteiger partial charge in [-0.1, -0.05) is 0 Å². The van der Waals surface area contributed by atoms with Gasteiger partial charge < -0.3 is 4.74 Å². The Morgan fingerprint density at radius 3 is 2.33 bits per heavy atom. The third-order valence-corrected chi connectivity index (χ3v) is 3.06. The van der Waals surface area contributed by atoms with Crippen LogP contribution < -0.4 is 0 Å². The summed E-state index contributed by atoms with van der Waals surface area (Å²) in [5.41, 5.74) is 2.86. The number of ether oxygens (including phenoxy) is 1. The number of carbonyl (C=O) groups is 1. The third-order valence-electron chi connectivity index (χ3n) is 3.06. The first-order valence-electron chi connectivity index (χ1n) is 6.43. The van der Waals surface area contributed by atoms with Crippen molar-refractivity contribution in [3.05, 3.63) is 17.0 Å². The van der Waals surface area contributed by atoms with Crippen LogP contribution in [0.3, 0.4) is 0 Å². The molecule has 1 unspecified atom stereocenters. The van der Waals surface area contributed by atoms with Gasteiger partial charge in [-0.05, 0) is 48.5 Å². The molecule has 0 N–H and O–H groups in total. The van der Waals surface area contributed by atoms with E-state index in [0.717, 1.165) is 17.0 Å². The Labute approximate surface area is 109 Å². The zero-order valence-corrected chi connectivity index (χ0v) is 12.5. The summed E-state index contributed by atoms with van der Waals surface area (Å²) in [5.74, 6) is -0.446. The van der Waals surface area contributed by atoms with E-state index >= 15 is 0 Å². The Morgan fingerprint density at radius 2 is 1.94 bits per heavy atom. The van der Waals surface area contributed by atoms with Gasteiger partial charge in [-0.3, -0.25) is 9.48 Å². The second-order valence-electron chi connectivity index (χ2n) is 5.64. The molecule has 0 aliphatic carbocycles. The Bertz CT molecular complexity index is 441. The summed E-state index contributed by atoms with van der Waals surface area (Å²) in [6.45, 7) is 14.4. The lowest BCUT2D eigenvalue weighted by molar-refractivity contribution is -0.144. The molecule has 0 fully saturated rings. The quantitative estimate of drug-likeness (QED) is 0.777. The van der Waals surface area contributed by atoms with Crippen LogP contribution in [0.4, 0.5) is 0 Å². The maximum absolute atomic E-state index is 11.8. The van der Waals surface area contributed by atoms with Crippen LogP contribution in [0.1, 0.15) is 57.5 Å². The van der Waals surface area contributed by atoms with Crippen molar-refractivity contribution in [3.8, 4) is 0 Å². The van der Waals surface area contributed by atoms with Crippen LogP contribution in [-0.2, 0) is 15.1 Å². The van der Waals surface area contributed by atoms with Crippen molar-refractivity contribution in [2.75, 3.05) is 6.61 Å². The monoisotopic (exact) mass is 252 g/mol. The predicted octanol–water partition coefficient (Wildman–Crippen LogP) is 2.92. The van der Waals surface area contributed by atoms with Crippen molar-refractivity contribution in [2.45, 2.75) is 59.9 Å². The van der Waals surface area contributed by atoms with Crippen LogP contribution in [0.5, 0.6) is 0 Å². The lowest BCUT2D eigenvalue weighted by atomic mass is 9.98. The molecule has 1 aromatic heterocycles. The van der Waals surface area contributed by atoms with Crippen molar-refractivity contribution in [3.63, 3.8) is 0 Å². The number of hydrogen-bond acceptors (Lipinski definition) is 3. The molecule has 0 aliphatic rings. The van der Waals surface area contributed by atoms with E-state index in [9.17, 15) is 4.79 Å². The Kier molecular flexibility index (Phi) is 4.20. The number of esters is 1. The molecule has 4 nitrogen and oxygen atoms in total. The van der Waals surface area contributed by atoms with E-state index in [4.69, 9.17) is 4.74 Å². The SMILES string of the molecule is CCOC(=O)C(C)c1c(C)nn(C(C)(C)C)c1C. The first kappa shape index (κ1) is 14.7. The van der Waals surface area contributed by atoms with Gasteiger partial charge in [0.2, 0.25) is 0 Å². The van der Waals surface area contributed by atoms with Crippen LogP contribution in [0, 0.1) is 13.8 Å². The van der Waals surface area contributed by atoms with Gasteiger partial charge in [-0.15, -0.1) is 0 Å². The highest BCUT2D eigenvalue weighted by atomic mass is 16.5. The zero-order chi connectivity index (χ0) is 14.1. The number of aromatic nitrogens is 2. The normalized spacial score (nSPS) is 13.5. The topological polar surface area (TPSA) is 44.1 Å². The molecule has 1 rings (SSSR count). The predicted molar refractivity (Wildman–Crippen MR) is 71.7 cm³/mol. The van der Waals surface area contributed by atoms with Gasteiger partial charge in [0.25, 0.3) is 0 Å². The van der Waals surface area contributed by atoms with Crippen molar-refractivity contribution >= 4 is 5.97 Å². The Balaban J connectivity index is 3.18. The molecular formula is C14H24N2O2. The van der Waals surface area contributed by atoms with E-state index in [1.165, 1.54) is 0 Å². The number of nitrogens with zero attached hydrogens (tertiary/aromatic N) is 2. The van der Waals surface area contributed by atoms with E-state index in [1.807, 2.05) is 32.4 Å². The average molecular weight is 252 g/mol. The van der Waals surface area contributed by atoms with Gasteiger partial charge in [0.05, 0.1) is 23.8 Å². The molecule has 0 saturated heterocycles. The number of carbonyl (C=O) groups excluding carboxylic acids is 1. The van der Waals surface area contributed by atoms with Gasteiger partial charge in [-0.25, -0.2) is 0 Å². The molecule has 1 heterocycles. The Hall–Kier alpha value is -1.32. The molecule has 0 spiro atoms. The fraction of sp³-hybridized carbons (Fsp3) is 0.714. The van der Waals surface area contributed by atoms with Crippen molar-refractivity contribution in [2.24, 2.45) is 0 Å². The summed E-state index contributed by atoms with van der Waals surface area (Å²) in [4.78, 5) is 11.8. The fourth-order valence-electron chi connectivity index (χ4n) is 2.32. The molecule has 0 saturated carbocycles. The largest absolute Gasteiger partial charge is 0.466 e. The Morgan fingerprint density at radius 1 is 1.39 bits per heavy atom. The van der Waals surface area contributed by atoms with E-state index in [1.54, 1.807) is 0 Å². The smallest absolute Gasteiger partial charge is 0.313 e. The highest BCUT2D eigenvalue weighted by molar-refractivity contribution is 5.78. The maximum atomic E-state index is 11.8. The first-order chi connectivity index (χ1) is 8.20. The second kappa shape index (κ2) is 5.12. The molecule has 18 heavy (non-hydrogen) atoms. The minimum Gasteiger partial charge on any atom is -0.466 e. The standard InChI is InChI=1S/C14H24N2O2/c1-8-18-13(17)9(2)12-10(3)15-16(11(12)4)14(5,6)7/h9H,8H2,1-7H3. The summed E-state index contributed by atoms with van der Waals surface area (Å²) in [5, 5.41) is 4.55. The maximum Gasteiger partial charge on any atom is 0.313 e. The summed E-state index contributed by atoms with van der Waals surface area (Å²) < 4.78 is 7.07. The van der Waals surface area contributed by atoms with E-state index in [0.29, 0.717) is 6.61 Å². The molecule has 0 radical (unpaired) electrons. The minimum atomic E-state index is -0.263. The molecule has 0 bridgehead atoms. The number of aryl methyl sites for hydroxylation is 1. The van der Waals surface area contributed by atoms with Gasteiger partial charge in [0.15, 0.2) is 0 Å². The van der Waals surface area contributed by atoms with Crippen molar-refractivity contribution < 1.29 is 9.53 Å². The van der Waals surface area contributed by atoms with Gasteiger partial charge in [0, 0.05) is 11.3 Å². The lowest BCUT2D eigenvalue weighted by Gasteiger charge is -2.22. The molecule has 0 aliphatic heterocycles. The highest BCUT2D eigenvalue weighted by Gasteiger charge is 2.27. The second-order valence-corrected chi connectivity index (χ2v) is 5.64. The van der Waals surface area contributed by atoms with Crippen molar-refractivity contribution in [1.29, 1.82) is 0 Å². The summed E-state index contributed by atoms with van der Waals surface area (Å²) in [6.07, 6.45) is 0. The van der Waals surface area contributed by atoms with E-state index in [2.05, 4.69) is 25.9 Å². The average Bonchev–Trinajstić information content (AvgIpc) is 2.53. The molecule has 1 aromatic rings. The molecule has 102 valence electrons. The first-order valence-corrected chi connectivity index (χ1v) is 6.43. The summed E-state index contributed by atoms with van der Waals surface area (Å²) >= 11 is 0. The summed E-state index contributed by atoms with van der Waals surface area (Å²) in [7, 11) is 0. The van der Waals surface area contributed by atoms with E-state index in [-0.39, 0.29) is 17.4 Å². The van der Waals surface area contributed by atoms with Crippen LogP contribution in [0.15, 0.2) is 0 Å². The highest BCUT2D eigenvalue weighted by Crippen LogP contribution is 2.28.